The zero-order valence-electron chi connectivity index (χ0n) is 19.0. The first-order valence-corrected chi connectivity index (χ1v) is 10.8. The quantitative estimate of drug-likeness (QED) is 0.317. The Morgan fingerprint density at radius 2 is 1.64 bits per heavy atom. The smallest absolute Gasteiger partial charge is 0.00545 e. The van der Waals surface area contributed by atoms with Gasteiger partial charge in [0.15, 0.2) is 0 Å². The van der Waals surface area contributed by atoms with Crippen molar-refractivity contribution < 1.29 is 0 Å². The number of allylic oxidation sites excluding steroid dienone is 4. The van der Waals surface area contributed by atoms with Crippen LogP contribution in [0.15, 0.2) is 37.0 Å². The van der Waals surface area contributed by atoms with E-state index in [-0.39, 0.29) is 0 Å². The average molecular weight is 351 g/mol. The molecule has 1 rings (SSSR count). The molecule has 0 aromatic rings. The van der Waals surface area contributed by atoms with Gasteiger partial charge < -0.3 is 0 Å². The molecule has 150 valence electrons. The van der Waals surface area contributed by atoms with Crippen molar-refractivity contribution in [2.45, 2.75) is 107 Å². The predicted molar refractivity (Wildman–Crippen MR) is 121 cm³/mol. The summed E-state index contributed by atoms with van der Waals surface area (Å²) in [6.45, 7) is 24.4. The maximum Gasteiger partial charge on any atom is -0.00545 e. The zero-order chi connectivity index (χ0) is 20.1. The molecule has 0 radical (unpaired) electrons. The summed E-state index contributed by atoms with van der Waals surface area (Å²) in [6.07, 6.45) is 17.2. The molecule has 1 saturated carbocycles. The lowest BCUT2D eigenvalue weighted by Crippen LogP contribution is -1.97. The summed E-state index contributed by atoms with van der Waals surface area (Å²) in [5, 5.41) is 0. The summed E-state index contributed by atoms with van der Waals surface area (Å²) in [5.41, 5.74) is 1.41. The van der Waals surface area contributed by atoms with Gasteiger partial charge in [0, 0.05) is 0 Å². The Kier molecular flexibility index (Phi) is 26.9. The van der Waals surface area contributed by atoms with Crippen LogP contribution < -0.4 is 0 Å². The lowest BCUT2D eigenvalue weighted by molar-refractivity contribution is 0.454. The van der Waals surface area contributed by atoms with Gasteiger partial charge in [0.2, 0.25) is 0 Å². The predicted octanol–water partition coefficient (Wildman–Crippen LogP) is 9.39. The van der Waals surface area contributed by atoms with E-state index in [1.807, 2.05) is 20.8 Å². The van der Waals surface area contributed by atoms with Crippen LogP contribution in [-0.4, -0.2) is 0 Å². The molecule has 0 nitrogen and oxygen atoms in total. The molecule has 0 aromatic carbocycles. The van der Waals surface area contributed by atoms with Crippen molar-refractivity contribution in [3.05, 3.63) is 37.0 Å². The van der Waals surface area contributed by atoms with Gasteiger partial charge >= 0.3 is 0 Å². The first kappa shape index (κ1) is 29.0. The lowest BCUT2D eigenvalue weighted by Gasteiger charge is -2.12. The second kappa shape index (κ2) is 23.2. The summed E-state index contributed by atoms with van der Waals surface area (Å²) >= 11 is 0. The van der Waals surface area contributed by atoms with Crippen LogP contribution in [-0.2, 0) is 0 Å². The van der Waals surface area contributed by atoms with Crippen LogP contribution in [0.1, 0.15) is 107 Å². The van der Waals surface area contributed by atoms with Crippen molar-refractivity contribution in [2.24, 2.45) is 17.8 Å². The van der Waals surface area contributed by atoms with E-state index in [4.69, 9.17) is 0 Å². The highest BCUT2D eigenvalue weighted by Gasteiger charge is 2.20. The molecule has 3 atom stereocenters. The molecule has 0 bridgehead atoms. The molecule has 0 aromatic heterocycles. The van der Waals surface area contributed by atoms with E-state index in [0.717, 1.165) is 11.8 Å². The van der Waals surface area contributed by atoms with E-state index in [9.17, 15) is 0 Å². The van der Waals surface area contributed by atoms with Crippen LogP contribution in [0.4, 0.5) is 0 Å². The van der Waals surface area contributed by atoms with Crippen molar-refractivity contribution in [2.75, 3.05) is 0 Å². The minimum Gasteiger partial charge on any atom is -0.103 e. The third-order valence-corrected chi connectivity index (χ3v) is 4.29. The van der Waals surface area contributed by atoms with E-state index >= 15 is 0 Å². The molecule has 0 heterocycles. The Bertz CT molecular complexity index is 297. The second-order valence-corrected chi connectivity index (χ2v) is 7.12. The Hall–Kier alpha value is -0.780. The molecule has 0 amide bonds. The van der Waals surface area contributed by atoms with Gasteiger partial charge in [-0.25, -0.2) is 0 Å². The third-order valence-electron chi connectivity index (χ3n) is 4.29. The average Bonchev–Trinajstić information content (AvgIpc) is 3.00. The SMILES string of the molecule is C=C(CCCCC1CCC(C)C1)C(C)/C=C\C.C=CC.CC.CCC. The highest BCUT2D eigenvalue weighted by atomic mass is 14.3. The number of hydrogen-bond acceptors (Lipinski definition) is 0. The zero-order valence-corrected chi connectivity index (χ0v) is 19.0. The van der Waals surface area contributed by atoms with Gasteiger partial charge in [0.05, 0.1) is 0 Å². The highest BCUT2D eigenvalue weighted by molar-refractivity contribution is 5.07. The van der Waals surface area contributed by atoms with Crippen molar-refractivity contribution in [1.82, 2.24) is 0 Å². The first-order valence-electron chi connectivity index (χ1n) is 10.8. The van der Waals surface area contributed by atoms with E-state index in [0.29, 0.717) is 5.92 Å². The van der Waals surface area contributed by atoms with E-state index in [2.05, 4.69) is 59.9 Å². The molecule has 0 spiro atoms. The summed E-state index contributed by atoms with van der Waals surface area (Å²) < 4.78 is 0. The Labute approximate surface area is 161 Å². The van der Waals surface area contributed by atoms with Crippen LogP contribution in [0.3, 0.4) is 0 Å². The lowest BCUT2D eigenvalue weighted by atomic mass is 9.94. The molecule has 0 aliphatic heterocycles. The Balaban J connectivity index is -0.000000517. The summed E-state index contributed by atoms with van der Waals surface area (Å²) in [6, 6.07) is 0. The van der Waals surface area contributed by atoms with Crippen LogP contribution >= 0.6 is 0 Å². The van der Waals surface area contributed by atoms with Crippen molar-refractivity contribution in [3.63, 3.8) is 0 Å². The van der Waals surface area contributed by atoms with Crippen LogP contribution in [0.5, 0.6) is 0 Å². The van der Waals surface area contributed by atoms with Crippen molar-refractivity contribution in [1.29, 1.82) is 0 Å². The van der Waals surface area contributed by atoms with Gasteiger partial charge in [-0.05, 0) is 50.9 Å². The largest absolute Gasteiger partial charge is 0.103 e. The fraction of sp³-hybridized carbons (Fsp3) is 0.760. The van der Waals surface area contributed by atoms with Crippen LogP contribution in [0, 0.1) is 17.8 Å². The number of rotatable bonds is 7. The van der Waals surface area contributed by atoms with Gasteiger partial charge in [0.1, 0.15) is 0 Å². The van der Waals surface area contributed by atoms with Gasteiger partial charge in [-0.3, -0.25) is 0 Å². The highest BCUT2D eigenvalue weighted by Crippen LogP contribution is 2.33. The molecular weight excluding hydrogens is 300 g/mol. The number of unbranched alkanes of at least 4 members (excludes halogenated alkanes) is 1. The second-order valence-electron chi connectivity index (χ2n) is 7.12. The standard InChI is InChI=1S/C17H30.C3H8.C3H6.C2H6/c1-5-8-15(3)16(4)9-6-7-10-17-12-11-14(2)13-17;2*1-3-2;1-2/h5,8,14-15,17H,4,6-7,9-13H2,1-3H3;3H2,1-2H3;3H,1H2,2H3;1-2H3/b8-5-;;;. The number of hydrogen-bond donors (Lipinski definition) is 0. The van der Waals surface area contributed by atoms with Crippen molar-refractivity contribution in [3.8, 4) is 0 Å². The Morgan fingerprint density at radius 1 is 1.12 bits per heavy atom. The monoisotopic (exact) mass is 350 g/mol. The minimum absolute atomic E-state index is 0.562. The van der Waals surface area contributed by atoms with E-state index in [1.165, 1.54) is 56.9 Å². The summed E-state index contributed by atoms with van der Waals surface area (Å²) in [7, 11) is 0. The van der Waals surface area contributed by atoms with Gasteiger partial charge in [-0.2, -0.15) is 0 Å². The molecule has 1 aliphatic rings. The molecule has 0 saturated heterocycles. The molecule has 0 heteroatoms. The fourth-order valence-corrected chi connectivity index (χ4v) is 3.02. The maximum absolute atomic E-state index is 4.20. The van der Waals surface area contributed by atoms with Crippen molar-refractivity contribution >= 4 is 0 Å². The van der Waals surface area contributed by atoms with E-state index in [1.54, 1.807) is 6.08 Å². The van der Waals surface area contributed by atoms with Crippen LogP contribution in [0.25, 0.3) is 0 Å². The fourth-order valence-electron chi connectivity index (χ4n) is 3.02. The topological polar surface area (TPSA) is 0 Å². The van der Waals surface area contributed by atoms with E-state index < -0.39 is 0 Å². The molecule has 3 unspecified atom stereocenters. The first-order chi connectivity index (χ1) is 12.0. The molecular formula is C25H50. The summed E-state index contributed by atoms with van der Waals surface area (Å²) in [5.74, 6) is 2.59. The van der Waals surface area contributed by atoms with Crippen LogP contribution in [0.2, 0.25) is 0 Å². The van der Waals surface area contributed by atoms with Gasteiger partial charge in [-0.15, -0.1) is 6.58 Å². The summed E-state index contributed by atoms with van der Waals surface area (Å²) in [4.78, 5) is 0. The third kappa shape index (κ3) is 21.2. The molecule has 1 aliphatic carbocycles. The molecule has 0 N–H and O–H groups in total. The molecule has 25 heavy (non-hydrogen) atoms. The van der Waals surface area contributed by atoms with Gasteiger partial charge in [-0.1, -0.05) is 104 Å². The molecule has 1 fully saturated rings. The Morgan fingerprint density at radius 3 is 2.04 bits per heavy atom. The maximum atomic E-state index is 4.20. The van der Waals surface area contributed by atoms with Gasteiger partial charge in [0.25, 0.3) is 0 Å². The minimum atomic E-state index is 0.562. The normalized spacial score (nSPS) is 19.5.